The van der Waals surface area contributed by atoms with Crippen molar-refractivity contribution < 1.29 is 0 Å². The van der Waals surface area contributed by atoms with Crippen LogP contribution < -0.4 is 0 Å². The Labute approximate surface area is 122 Å². The van der Waals surface area contributed by atoms with Crippen molar-refractivity contribution >= 4 is 29.4 Å². The molecule has 0 radical (unpaired) electrons. The van der Waals surface area contributed by atoms with Crippen molar-refractivity contribution in [1.82, 2.24) is 0 Å². The Bertz CT molecular complexity index is 634. The zero-order valence-corrected chi connectivity index (χ0v) is 11.6. The van der Waals surface area contributed by atoms with Crippen molar-refractivity contribution in [1.29, 1.82) is 0 Å². The van der Waals surface area contributed by atoms with Crippen LogP contribution in [0.2, 0.25) is 10.0 Å². The normalized spacial score (nSPS) is 10.2. The van der Waals surface area contributed by atoms with E-state index < -0.39 is 0 Å². The average Bonchev–Trinajstić information content (AvgIpc) is 2.41. The van der Waals surface area contributed by atoms with Crippen molar-refractivity contribution in [2.45, 2.75) is 0 Å². The molecule has 0 aromatic heterocycles. The maximum atomic E-state index is 5.87. The molecule has 2 aromatic carbocycles. The standard InChI is InChI=1S/C16H11Cl2N/c17-15-8-6-14(7-9-15)12-19-10-2-4-13-3-1-5-16(18)11-13/h1,3,5-9,11-12H,10H2/b19-12+. The fourth-order valence-corrected chi connectivity index (χ4v) is 1.77. The lowest BCUT2D eigenvalue weighted by atomic mass is 10.2. The summed E-state index contributed by atoms with van der Waals surface area (Å²) < 4.78 is 0. The topological polar surface area (TPSA) is 12.4 Å². The molecule has 0 unspecified atom stereocenters. The molecule has 0 saturated carbocycles. The van der Waals surface area contributed by atoms with E-state index in [1.807, 2.05) is 48.5 Å². The molecule has 0 aliphatic carbocycles. The number of aliphatic imine (C=N–C) groups is 1. The highest BCUT2D eigenvalue weighted by Gasteiger charge is 1.88. The van der Waals surface area contributed by atoms with Crippen molar-refractivity contribution in [2.75, 3.05) is 6.54 Å². The van der Waals surface area contributed by atoms with Gasteiger partial charge in [-0.15, -0.1) is 0 Å². The quantitative estimate of drug-likeness (QED) is 0.571. The van der Waals surface area contributed by atoms with Gasteiger partial charge in [-0.3, -0.25) is 4.99 Å². The molecule has 0 fully saturated rings. The van der Waals surface area contributed by atoms with Crippen molar-refractivity contribution in [2.24, 2.45) is 4.99 Å². The third-order valence-corrected chi connectivity index (χ3v) is 2.83. The van der Waals surface area contributed by atoms with Gasteiger partial charge in [0.2, 0.25) is 0 Å². The summed E-state index contributed by atoms with van der Waals surface area (Å²) in [6, 6.07) is 14.9. The van der Waals surface area contributed by atoms with Crippen molar-refractivity contribution in [3.8, 4) is 11.8 Å². The molecular formula is C16H11Cl2N. The van der Waals surface area contributed by atoms with Crippen LogP contribution in [0.5, 0.6) is 0 Å². The lowest BCUT2D eigenvalue weighted by Gasteiger charge is -1.92. The fourth-order valence-electron chi connectivity index (χ4n) is 1.45. The molecule has 3 heteroatoms. The van der Waals surface area contributed by atoms with Crippen LogP contribution in [0.3, 0.4) is 0 Å². The van der Waals surface area contributed by atoms with Crippen molar-refractivity contribution in [3.05, 3.63) is 69.7 Å². The van der Waals surface area contributed by atoms with Gasteiger partial charge >= 0.3 is 0 Å². The minimum atomic E-state index is 0.454. The molecule has 0 bridgehead atoms. The highest BCUT2D eigenvalue weighted by molar-refractivity contribution is 6.30. The summed E-state index contributed by atoms with van der Waals surface area (Å²) in [5.41, 5.74) is 1.91. The first-order chi connectivity index (χ1) is 9.24. The smallest absolute Gasteiger partial charge is 0.100 e. The third kappa shape index (κ3) is 4.79. The number of hydrogen-bond acceptors (Lipinski definition) is 1. The molecule has 19 heavy (non-hydrogen) atoms. The zero-order chi connectivity index (χ0) is 13.5. The van der Waals surface area contributed by atoms with Gasteiger partial charge in [0.1, 0.15) is 6.54 Å². The van der Waals surface area contributed by atoms with Crippen LogP contribution in [0, 0.1) is 11.8 Å². The second-order valence-corrected chi connectivity index (χ2v) is 4.71. The Hall–Kier alpha value is -1.75. The van der Waals surface area contributed by atoms with Gasteiger partial charge in [0.15, 0.2) is 0 Å². The predicted octanol–water partition coefficient (Wildman–Crippen LogP) is 4.46. The molecular weight excluding hydrogens is 277 g/mol. The van der Waals surface area contributed by atoms with Gasteiger partial charge in [0.05, 0.1) is 0 Å². The Balaban J connectivity index is 1.92. The van der Waals surface area contributed by atoms with Gasteiger partial charge < -0.3 is 0 Å². The Morgan fingerprint density at radius 1 is 1.00 bits per heavy atom. The molecule has 0 amide bonds. The predicted molar refractivity (Wildman–Crippen MR) is 82.2 cm³/mol. The molecule has 2 rings (SSSR count). The van der Waals surface area contributed by atoms with E-state index in [1.165, 1.54) is 0 Å². The maximum Gasteiger partial charge on any atom is 0.100 e. The highest BCUT2D eigenvalue weighted by Crippen LogP contribution is 2.09. The summed E-state index contributed by atoms with van der Waals surface area (Å²) in [6.07, 6.45) is 1.78. The summed E-state index contributed by atoms with van der Waals surface area (Å²) in [7, 11) is 0. The lowest BCUT2D eigenvalue weighted by molar-refractivity contribution is 1.30. The summed E-state index contributed by atoms with van der Waals surface area (Å²) in [5, 5.41) is 1.41. The zero-order valence-electron chi connectivity index (χ0n) is 10.1. The molecule has 0 heterocycles. The molecule has 0 spiro atoms. The first-order valence-electron chi connectivity index (χ1n) is 5.74. The Kier molecular flexibility index (Phi) is 5.03. The molecule has 94 valence electrons. The molecule has 0 aliphatic heterocycles. The van der Waals surface area contributed by atoms with Gasteiger partial charge in [-0.1, -0.05) is 53.2 Å². The SMILES string of the molecule is Clc1ccc(/C=N/CC#Cc2cccc(Cl)c2)cc1. The Morgan fingerprint density at radius 3 is 2.53 bits per heavy atom. The first kappa shape index (κ1) is 13.7. The monoisotopic (exact) mass is 287 g/mol. The van der Waals surface area contributed by atoms with E-state index in [2.05, 4.69) is 16.8 Å². The van der Waals surface area contributed by atoms with Gasteiger partial charge in [0.25, 0.3) is 0 Å². The number of rotatable bonds is 2. The maximum absolute atomic E-state index is 5.87. The van der Waals surface area contributed by atoms with Crippen LogP contribution in [-0.2, 0) is 0 Å². The minimum absolute atomic E-state index is 0.454. The van der Waals surface area contributed by atoms with E-state index in [4.69, 9.17) is 23.2 Å². The van der Waals surface area contributed by atoms with Crippen LogP contribution in [0.4, 0.5) is 0 Å². The lowest BCUT2D eigenvalue weighted by Crippen LogP contribution is -1.82. The summed E-state index contributed by atoms with van der Waals surface area (Å²) in [4.78, 5) is 4.23. The first-order valence-corrected chi connectivity index (χ1v) is 6.49. The second-order valence-electron chi connectivity index (χ2n) is 3.83. The molecule has 0 atom stereocenters. The van der Waals surface area contributed by atoms with E-state index in [9.17, 15) is 0 Å². The number of halogens is 2. The van der Waals surface area contributed by atoms with Crippen LogP contribution in [-0.4, -0.2) is 12.8 Å². The number of nitrogens with zero attached hydrogens (tertiary/aromatic N) is 1. The van der Waals surface area contributed by atoms with Gasteiger partial charge in [-0.25, -0.2) is 0 Å². The van der Waals surface area contributed by atoms with E-state index >= 15 is 0 Å². The molecule has 2 aromatic rings. The van der Waals surface area contributed by atoms with Crippen LogP contribution in [0.15, 0.2) is 53.5 Å². The van der Waals surface area contributed by atoms with Gasteiger partial charge in [-0.2, -0.15) is 0 Å². The Morgan fingerprint density at radius 2 is 1.79 bits per heavy atom. The summed E-state index contributed by atoms with van der Waals surface area (Å²) in [5.74, 6) is 5.99. The van der Waals surface area contributed by atoms with Crippen molar-refractivity contribution in [3.63, 3.8) is 0 Å². The third-order valence-electron chi connectivity index (χ3n) is 2.34. The molecule has 0 aliphatic rings. The fraction of sp³-hybridized carbons (Fsp3) is 0.0625. The number of hydrogen-bond donors (Lipinski definition) is 0. The highest BCUT2D eigenvalue weighted by atomic mass is 35.5. The van der Waals surface area contributed by atoms with E-state index in [0.29, 0.717) is 11.6 Å². The summed E-state index contributed by atoms with van der Waals surface area (Å²) >= 11 is 11.7. The van der Waals surface area contributed by atoms with Crippen LogP contribution >= 0.6 is 23.2 Å². The molecule has 0 N–H and O–H groups in total. The van der Waals surface area contributed by atoms with Crippen LogP contribution in [0.25, 0.3) is 0 Å². The average molecular weight is 288 g/mol. The van der Waals surface area contributed by atoms with Gasteiger partial charge in [-0.05, 0) is 35.9 Å². The molecule has 1 nitrogen and oxygen atoms in total. The summed E-state index contributed by atoms with van der Waals surface area (Å²) in [6.45, 7) is 0.454. The van der Waals surface area contributed by atoms with E-state index in [1.54, 1.807) is 6.21 Å². The largest absolute Gasteiger partial charge is 0.280 e. The van der Waals surface area contributed by atoms with Crippen LogP contribution in [0.1, 0.15) is 11.1 Å². The second kappa shape index (κ2) is 6.99. The van der Waals surface area contributed by atoms with Gasteiger partial charge in [0, 0.05) is 21.8 Å². The minimum Gasteiger partial charge on any atom is -0.280 e. The number of benzene rings is 2. The van der Waals surface area contributed by atoms with E-state index in [0.717, 1.165) is 16.1 Å². The molecule has 0 saturated heterocycles. The van der Waals surface area contributed by atoms with E-state index in [-0.39, 0.29) is 0 Å².